The van der Waals surface area contributed by atoms with E-state index in [0.717, 1.165) is 31.2 Å². The highest BCUT2D eigenvalue weighted by Crippen LogP contribution is 2.46. The van der Waals surface area contributed by atoms with Crippen molar-refractivity contribution in [1.29, 1.82) is 0 Å². The van der Waals surface area contributed by atoms with Crippen LogP contribution in [0.2, 0.25) is 0 Å². The number of pyridine rings is 2. The van der Waals surface area contributed by atoms with Crippen LogP contribution in [0, 0.1) is 12.8 Å². The number of amides is 4. The number of carbonyl (C=O) groups is 3. The van der Waals surface area contributed by atoms with E-state index in [9.17, 15) is 14.4 Å². The van der Waals surface area contributed by atoms with E-state index in [-0.39, 0.29) is 23.9 Å². The summed E-state index contributed by atoms with van der Waals surface area (Å²) in [5.74, 6) is 0.302. The Labute approximate surface area is 230 Å². The summed E-state index contributed by atoms with van der Waals surface area (Å²) in [6.45, 7) is 10.1. The first-order valence-electron chi connectivity index (χ1n) is 13.1. The van der Waals surface area contributed by atoms with Gasteiger partial charge >= 0.3 is 6.03 Å². The first-order valence-corrected chi connectivity index (χ1v) is 13.9. The van der Waals surface area contributed by atoms with Gasteiger partial charge in [-0.25, -0.2) is 14.8 Å². The second kappa shape index (κ2) is 11.0. The summed E-state index contributed by atoms with van der Waals surface area (Å²) in [6.07, 6.45) is 7.95. The molecule has 0 spiro atoms. The minimum atomic E-state index is -0.392. The van der Waals surface area contributed by atoms with E-state index in [4.69, 9.17) is 4.74 Å². The quantitative estimate of drug-likeness (QED) is 0.338. The molecule has 39 heavy (non-hydrogen) atoms. The summed E-state index contributed by atoms with van der Waals surface area (Å²) in [6, 6.07) is 2.79. The zero-order valence-corrected chi connectivity index (χ0v) is 23.1. The number of hydrogen-bond donors (Lipinski definition) is 3. The molecule has 0 saturated heterocycles. The number of nitrogens with zero attached hydrogens (tertiary/aromatic N) is 3. The fourth-order valence-electron chi connectivity index (χ4n) is 5.02. The molecule has 0 bridgehead atoms. The number of carbonyl (C=O) groups excluding carboxylic acids is 3. The van der Waals surface area contributed by atoms with E-state index in [1.54, 1.807) is 23.4 Å². The molecule has 4 amide bonds. The van der Waals surface area contributed by atoms with E-state index < -0.39 is 6.03 Å². The summed E-state index contributed by atoms with van der Waals surface area (Å²) >= 11 is 1.23. The molecule has 0 aromatic carbocycles. The second-order valence-electron chi connectivity index (χ2n) is 10.3. The Morgan fingerprint density at radius 1 is 1.23 bits per heavy atom. The van der Waals surface area contributed by atoms with Crippen molar-refractivity contribution in [3.63, 3.8) is 0 Å². The number of ether oxygens (including phenoxy) is 1. The highest BCUT2D eigenvalue weighted by atomic mass is 32.1. The monoisotopic (exact) mass is 548 g/mol. The number of rotatable bonds is 8. The van der Waals surface area contributed by atoms with Gasteiger partial charge in [0, 0.05) is 24.3 Å². The first kappa shape index (κ1) is 26.6. The van der Waals surface area contributed by atoms with E-state index in [0.29, 0.717) is 50.6 Å². The van der Waals surface area contributed by atoms with Crippen LogP contribution in [0.5, 0.6) is 5.88 Å². The van der Waals surface area contributed by atoms with Crippen LogP contribution in [0.15, 0.2) is 37.2 Å². The third-order valence-electron chi connectivity index (χ3n) is 6.91. The lowest BCUT2D eigenvalue weighted by atomic mass is 9.90. The van der Waals surface area contributed by atoms with Gasteiger partial charge in [-0.3, -0.25) is 14.5 Å². The van der Waals surface area contributed by atoms with Crippen LogP contribution in [0.1, 0.15) is 54.8 Å². The number of anilines is 3. The normalized spacial score (nSPS) is 18.6. The third kappa shape index (κ3) is 5.31. The van der Waals surface area contributed by atoms with Gasteiger partial charge in [-0.15, -0.1) is 11.3 Å². The minimum absolute atomic E-state index is 0.180. The van der Waals surface area contributed by atoms with Gasteiger partial charge in [-0.1, -0.05) is 33.3 Å². The van der Waals surface area contributed by atoms with Gasteiger partial charge in [0.2, 0.25) is 11.8 Å². The average molecular weight is 549 g/mol. The molecule has 1 saturated carbocycles. The Balaban J connectivity index is 1.45. The van der Waals surface area contributed by atoms with Crippen molar-refractivity contribution in [2.24, 2.45) is 5.92 Å². The average Bonchev–Trinajstić information content (AvgIpc) is 3.29. The zero-order chi connectivity index (χ0) is 27.7. The molecule has 0 radical (unpaired) electrons. The number of aryl methyl sites for hydroxylation is 1. The molecule has 204 valence electrons. The highest BCUT2D eigenvalue weighted by Gasteiger charge is 2.35. The first-order chi connectivity index (χ1) is 18.8. The van der Waals surface area contributed by atoms with Crippen molar-refractivity contribution in [3.05, 3.63) is 47.6 Å². The van der Waals surface area contributed by atoms with Crippen molar-refractivity contribution in [2.45, 2.75) is 58.5 Å². The number of aromatic nitrogens is 2. The maximum Gasteiger partial charge on any atom is 0.331 e. The van der Waals surface area contributed by atoms with Gasteiger partial charge in [-0.2, -0.15) is 0 Å². The Morgan fingerprint density at radius 3 is 2.67 bits per heavy atom. The second-order valence-corrected chi connectivity index (χ2v) is 11.3. The Kier molecular flexibility index (Phi) is 7.51. The van der Waals surface area contributed by atoms with Gasteiger partial charge in [0.15, 0.2) is 0 Å². The van der Waals surface area contributed by atoms with Crippen LogP contribution in [-0.4, -0.2) is 46.5 Å². The smallest absolute Gasteiger partial charge is 0.331 e. The fraction of sp³-hybridized carbons (Fsp3) is 0.393. The SMILES string of the molecule is C=CC(=O)N[C@H]1CCCC[C@H]1NC(=O)c1sc2nccc3c2c1NC(=O)N3c1cnc(OCC(C)C)cc1C. The molecule has 11 heteroatoms. The molecule has 5 rings (SSSR count). The van der Waals surface area contributed by atoms with Crippen LogP contribution < -0.4 is 25.6 Å². The van der Waals surface area contributed by atoms with Crippen LogP contribution in [0.4, 0.5) is 21.9 Å². The lowest BCUT2D eigenvalue weighted by Gasteiger charge is -2.32. The van der Waals surface area contributed by atoms with Gasteiger partial charge in [0.25, 0.3) is 5.91 Å². The summed E-state index contributed by atoms with van der Waals surface area (Å²) in [7, 11) is 0. The number of hydrogen-bond acceptors (Lipinski definition) is 7. The molecule has 2 atom stereocenters. The topological polar surface area (TPSA) is 126 Å². The Bertz CT molecular complexity index is 1450. The van der Waals surface area contributed by atoms with Crippen LogP contribution in [0.25, 0.3) is 10.2 Å². The minimum Gasteiger partial charge on any atom is -0.477 e. The maximum absolute atomic E-state index is 13.5. The van der Waals surface area contributed by atoms with Crippen LogP contribution in [0.3, 0.4) is 0 Å². The molecular formula is C28H32N6O4S. The molecule has 4 heterocycles. The van der Waals surface area contributed by atoms with Crippen molar-refractivity contribution in [3.8, 4) is 5.88 Å². The van der Waals surface area contributed by atoms with Crippen molar-refractivity contribution in [2.75, 3.05) is 16.8 Å². The van der Waals surface area contributed by atoms with E-state index >= 15 is 0 Å². The van der Waals surface area contributed by atoms with Crippen LogP contribution >= 0.6 is 11.3 Å². The lowest BCUT2D eigenvalue weighted by molar-refractivity contribution is -0.117. The predicted octanol–water partition coefficient (Wildman–Crippen LogP) is 5.06. The number of nitrogens with one attached hydrogen (secondary N) is 3. The summed E-state index contributed by atoms with van der Waals surface area (Å²) in [5.41, 5.74) is 2.51. The van der Waals surface area contributed by atoms with E-state index in [2.05, 4.69) is 46.3 Å². The van der Waals surface area contributed by atoms with Crippen molar-refractivity contribution >= 4 is 56.5 Å². The number of thiophene rings is 1. The van der Waals surface area contributed by atoms with Gasteiger partial charge in [0.05, 0.1) is 35.3 Å². The fourth-order valence-corrected chi connectivity index (χ4v) is 6.05. The maximum atomic E-state index is 13.5. The van der Waals surface area contributed by atoms with Crippen LogP contribution in [-0.2, 0) is 4.79 Å². The van der Waals surface area contributed by atoms with Gasteiger partial charge in [0.1, 0.15) is 9.71 Å². The molecule has 3 N–H and O–H groups in total. The summed E-state index contributed by atoms with van der Waals surface area (Å²) in [4.78, 5) is 50.4. The number of urea groups is 1. The largest absolute Gasteiger partial charge is 0.477 e. The van der Waals surface area contributed by atoms with Gasteiger partial charge in [-0.05, 0) is 43.4 Å². The molecule has 1 aliphatic heterocycles. The highest BCUT2D eigenvalue weighted by molar-refractivity contribution is 7.21. The molecule has 3 aromatic heterocycles. The standard InChI is InChI=1S/C28H32N6O4S/c1-5-21(35)31-17-8-6-7-9-18(17)32-26(36)25-24-23-19(10-11-29-27(23)39-25)34(28(37)33-24)20-13-30-22(12-16(20)4)38-14-15(2)3/h5,10-13,15,17-18H,1,6-9,14H2,2-4H3,(H,31,35)(H,32,36)(H,33,37)/t17-,18+/m0/s1. The Hall–Kier alpha value is -3.99. The predicted molar refractivity (Wildman–Crippen MR) is 152 cm³/mol. The molecule has 3 aromatic rings. The third-order valence-corrected chi connectivity index (χ3v) is 8.01. The Morgan fingerprint density at radius 2 is 1.97 bits per heavy atom. The van der Waals surface area contributed by atoms with Crippen molar-refractivity contribution in [1.82, 2.24) is 20.6 Å². The van der Waals surface area contributed by atoms with E-state index in [1.807, 2.05) is 13.0 Å². The molecule has 1 fully saturated rings. The molecule has 2 aliphatic rings. The lowest BCUT2D eigenvalue weighted by Crippen LogP contribution is -2.52. The molecule has 10 nitrogen and oxygen atoms in total. The summed E-state index contributed by atoms with van der Waals surface area (Å²) < 4.78 is 5.75. The van der Waals surface area contributed by atoms with Gasteiger partial charge < -0.3 is 20.7 Å². The van der Waals surface area contributed by atoms with Crippen molar-refractivity contribution < 1.29 is 19.1 Å². The molecule has 1 aliphatic carbocycles. The molecular weight excluding hydrogens is 516 g/mol. The molecule has 0 unspecified atom stereocenters. The summed E-state index contributed by atoms with van der Waals surface area (Å²) in [5, 5.41) is 9.65. The van der Waals surface area contributed by atoms with E-state index in [1.165, 1.54) is 17.4 Å². The zero-order valence-electron chi connectivity index (χ0n) is 22.2.